The molecule has 16 nitrogen and oxygen atoms in total. The second kappa shape index (κ2) is 16.0. The summed E-state index contributed by atoms with van der Waals surface area (Å²) in [6.45, 7) is 5.13. The smallest absolute Gasteiger partial charge is 0.408 e. The molecule has 0 bridgehead atoms. The number of alkyl carbamates (subject to hydrolysis) is 1. The van der Waals surface area contributed by atoms with E-state index in [4.69, 9.17) is 24.3 Å². The van der Waals surface area contributed by atoms with E-state index < -0.39 is 74.3 Å². The minimum Gasteiger partial charge on any atom is -0.497 e. The van der Waals surface area contributed by atoms with Crippen molar-refractivity contribution in [2.45, 2.75) is 113 Å². The summed E-state index contributed by atoms with van der Waals surface area (Å²) in [5.74, 6) is -1.45. The topological polar surface area (TPSA) is 200 Å². The molecular formula is C43H51N7O9S. The number of methoxy groups -OCH3 is 1. The lowest BCUT2D eigenvalue weighted by Crippen LogP contribution is -2.58. The van der Waals surface area contributed by atoms with Crippen molar-refractivity contribution in [2.24, 2.45) is 5.92 Å². The van der Waals surface area contributed by atoms with Gasteiger partial charge in [-0.15, -0.1) is 0 Å². The Bertz CT molecular complexity index is 2480. The van der Waals surface area contributed by atoms with Gasteiger partial charge in [-0.3, -0.25) is 19.1 Å². The number of hydrogen-bond donors (Lipinski definition) is 3. The van der Waals surface area contributed by atoms with Gasteiger partial charge in [-0.1, -0.05) is 49.3 Å². The molecule has 0 spiro atoms. The average Bonchev–Trinajstić information content (AvgIpc) is 4.10. The van der Waals surface area contributed by atoms with Crippen LogP contribution in [0.25, 0.3) is 27.8 Å². The summed E-state index contributed by atoms with van der Waals surface area (Å²) in [5, 5.41) is 10.6. The van der Waals surface area contributed by atoms with E-state index in [2.05, 4.69) is 15.4 Å². The Kier molecular flexibility index (Phi) is 11.0. The van der Waals surface area contributed by atoms with Crippen LogP contribution in [-0.4, -0.2) is 100.0 Å². The Labute approximate surface area is 348 Å². The average molecular weight is 842 g/mol. The number of benzene rings is 2. The lowest BCUT2D eigenvalue weighted by molar-refractivity contribution is -0.141. The molecule has 2 saturated carbocycles. The van der Waals surface area contributed by atoms with Crippen LogP contribution in [0.3, 0.4) is 0 Å². The number of nitrogens with zero attached hydrogens (tertiary/aromatic N) is 4. The summed E-state index contributed by atoms with van der Waals surface area (Å²) in [6, 6.07) is 14.6. The zero-order chi connectivity index (χ0) is 42.4. The summed E-state index contributed by atoms with van der Waals surface area (Å²) >= 11 is 0. The highest BCUT2D eigenvalue weighted by atomic mass is 32.2. The first kappa shape index (κ1) is 41.0. The number of carbonyl (C=O) groups excluding carboxylic acids is 4. The quantitative estimate of drug-likeness (QED) is 0.206. The standard InChI is InChI=1S/C43H51N7O9S/c1-42(2,3)59-41(54)45-33-18-9-7-5-6-8-14-27-24-43(27,40(53)48-60(55,56)30-19-20-30)46-38(51)35-22-29(25-49(35)39(33)52)58-36-23-34(26-13-12-15-28(21-26)57-4)44-37-31-16-10-11-17-32(31)47-50(36)37/h8,10-17,21,23,27,29-30,33,35H,5-7,9,18-20,22,24-25H2,1-4H3,(H,45,54)(H,46,51)(H,48,53)/b14-8-/t27-,29-,33+,35+,43-/m1/s1. The number of allylic oxidation sites excluding steroid dienone is 1. The van der Waals surface area contributed by atoms with Crippen LogP contribution >= 0.6 is 0 Å². The van der Waals surface area contributed by atoms with E-state index in [1.54, 1.807) is 38.5 Å². The van der Waals surface area contributed by atoms with Crippen LogP contribution in [0, 0.1) is 5.92 Å². The second-order valence-electron chi connectivity index (χ2n) is 17.2. The molecule has 3 fully saturated rings. The van der Waals surface area contributed by atoms with Crippen molar-refractivity contribution >= 4 is 50.4 Å². The van der Waals surface area contributed by atoms with Gasteiger partial charge < -0.3 is 29.7 Å². The molecule has 4 amide bonds. The van der Waals surface area contributed by atoms with Crippen molar-refractivity contribution in [1.29, 1.82) is 0 Å². The molecule has 318 valence electrons. The van der Waals surface area contributed by atoms with E-state index in [-0.39, 0.29) is 19.4 Å². The van der Waals surface area contributed by atoms with Crippen molar-refractivity contribution in [3.05, 3.63) is 66.7 Å². The van der Waals surface area contributed by atoms with Crippen LogP contribution in [0.2, 0.25) is 0 Å². The number of nitrogens with one attached hydrogen (secondary N) is 3. The van der Waals surface area contributed by atoms with Crippen molar-refractivity contribution in [3.63, 3.8) is 0 Å². The summed E-state index contributed by atoms with van der Waals surface area (Å²) in [7, 11) is -2.33. The molecule has 4 aromatic rings. The predicted molar refractivity (Wildman–Crippen MR) is 221 cm³/mol. The lowest BCUT2D eigenvalue weighted by atomic mass is 10.0. The van der Waals surface area contributed by atoms with Gasteiger partial charge in [0, 0.05) is 29.4 Å². The van der Waals surface area contributed by atoms with Gasteiger partial charge in [-0.2, -0.15) is 9.61 Å². The van der Waals surface area contributed by atoms with Crippen LogP contribution in [0.5, 0.6) is 11.6 Å². The molecule has 17 heteroatoms. The Hall–Kier alpha value is -5.71. The highest BCUT2D eigenvalue weighted by Crippen LogP contribution is 2.46. The molecule has 5 atom stereocenters. The van der Waals surface area contributed by atoms with Crippen LogP contribution in [-0.2, 0) is 29.1 Å². The summed E-state index contributed by atoms with van der Waals surface area (Å²) in [4.78, 5) is 62.7. The number of carbonyl (C=O) groups is 4. The van der Waals surface area contributed by atoms with Gasteiger partial charge in [0.05, 0.1) is 30.1 Å². The molecule has 8 rings (SSSR count). The largest absolute Gasteiger partial charge is 0.497 e. The molecule has 0 radical (unpaired) electrons. The molecule has 60 heavy (non-hydrogen) atoms. The van der Waals surface area contributed by atoms with Gasteiger partial charge in [0.1, 0.15) is 35.1 Å². The van der Waals surface area contributed by atoms with Crippen LogP contribution in [0.15, 0.2) is 66.7 Å². The highest BCUT2D eigenvalue weighted by molar-refractivity contribution is 7.91. The third-order valence-corrected chi connectivity index (χ3v) is 13.3. The van der Waals surface area contributed by atoms with Crippen LogP contribution in [0.4, 0.5) is 4.79 Å². The van der Waals surface area contributed by atoms with Crippen molar-refractivity contribution < 1.29 is 41.8 Å². The number of amides is 4. The number of sulfonamides is 1. The zero-order valence-corrected chi connectivity index (χ0v) is 35.0. The first-order valence-electron chi connectivity index (χ1n) is 20.6. The van der Waals surface area contributed by atoms with Crippen LogP contribution in [0.1, 0.15) is 78.6 Å². The van der Waals surface area contributed by atoms with Gasteiger partial charge in [-0.25, -0.2) is 18.2 Å². The molecule has 4 heterocycles. The molecule has 3 N–H and O–H groups in total. The van der Waals surface area contributed by atoms with Gasteiger partial charge in [-0.05, 0) is 83.6 Å². The van der Waals surface area contributed by atoms with Gasteiger partial charge >= 0.3 is 6.09 Å². The van der Waals surface area contributed by atoms with E-state index in [9.17, 15) is 27.6 Å². The molecule has 2 aliphatic heterocycles. The number of fused-ring (bicyclic) bond motifs is 5. The van der Waals surface area contributed by atoms with Crippen molar-refractivity contribution in [1.82, 2.24) is 34.9 Å². The predicted octanol–water partition coefficient (Wildman–Crippen LogP) is 4.80. The van der Waals surface area contributed by atoms with Gasteiger partial charge in [0.25, 0.3) is 5.91 Å². The maximum Gasteiger partial charge on any atom is 0.408 e. The van der Waals surface area contributed by atoms with E-state index in [0.29, 0.717) is 60.6 Å². The number of ether oxygens (including phenoxy) is 3. The molecule has 2 aliphatic carbocycles. The van der Waals surface area contributed by atoms with E-state index in [0.717, 1.165) is 23.8 Å². The molecule has 1 saturated heterocycles. The highest BCUT2D eigenvalue weighted by Gasteiger charge is 2.62. The lowest BCUT2D eigenvalue weighted by Gasteiger charge is -2.30. The third-order valence-electron chi connectivity index (χ3n) is 11.4. The van der Waals surface area contributed by atoms with Gasteiger partial charge in [0.15, 0.2) is 5.65 Å². The monoisotopic (exact) mass is 841 g/mol. The molecule has 4 aliphatic rings. The fourth-order valence-corrected chi connectivity index (χ4v) is 9.45. The maximum atomic E-state index is 14.7. The van der Waals surface area contributed by atoms with Gasteiger partial charge in [0.2, 0.25) is 27.7 Å². The third kappa shape index (κ3) is 8.62. The first-order valence-corrected chi connectivity index (χ1v) is 22.1. The second-order valence-corrected chi connectivity index (χ2v) is 19.1. The van der Waals surface area contributed by atoms with Crippen molar-refractivity contribution in [2.75, 3.05) is 13.7 Å². The summed E-state index contributed by atoms with van der Waals surface area (Å²) < 4.78 is 47.5. The number of hydrogen-bond acceptors (Lipinski definition) is 11. The number of aromatic nitrogens is 3. The summed E-state index contributed by atoms with van der Waals surface area (Å²) in [5.41, 5.74) is 0.196. The normalized spacial score (nSPS) is 25.6. The van der Waals surface area contributed by atoms with E-state index >= 15 is 0 Å². The number of rotatable bonds is 8. The molecular weight excluding hydrogens is 791 g/mol. The Morgan fingerprint density at radius 1 is 1.00 bits per heavy atom. The molecule has 2 aromatic carbocycles. The molecule has 2 aromatic heterocycles. The van der Waals surface area contributed by atoms with E-state index in [1.165, 1.54) is 4.90 Å². The Morgan fingerprint density at radius 3 is 2.57 bits per heavy atom. The molecule has 0 unspecified atom stereocenters. The Balaban J connectivity index is 1.15. The Morgan fingerprint density at radius 2 is 1.80 bits per heavy atom. The van der Waals surface area contributed by atoms with Crippen LogP contribution < -0.4 is 24.8 Å². The van der Waals surface area contributed by atoms with E-state index in [1.807, 2.05) is 60.7 Å². The SMILES string of the molecule is COc1cccc(-c2cc(O[C@@H]3C[C@H]4C(=O)N[C@]5(C(=O)NS(=O)(=O)C6CC6)C[C@H]5/C=C\CCCCC[C@H](NC(=O)OC(C)(C)C)C(=O)N4C3)n3nc4ccccc4c3n2)c1. The maximum absolute atomic E-state index is 14.7. The summed E-state index contributed by atoms with van der Waals surface area (Å²) in [6.07, 6.45) is 6.51. The van der Waals surface area contributed by atoms with Crippen molar-refractivity contribution in [3.8, 4) is 22.9 Å². The minimum atomic E-state index is -3.92. The minimum absolute atomic E-state index is 0.00834. The first-order chi connectivity index (χ1) is 28.6. The fraction of sp³-hybridized carbons (Fsp3) is 0.488. The zero-order valence-electron chi connectivity index (χ0n) is 34.2. The fourth-order valence-electron chi connectivity index (χ4n) is 8.09.